The van der Waals surface area contributed by atoms with Gasteiger partial charge in [-0.15, -0.1) is 0 Å². The zero-order valence-electron chi connectivity index (χ0n) is 12.4. The highest BCUT2D eigenvalue weighted by Gasteiger charge is 2.28. The summed E-state index contributed by atoms with van der Waals surface area (Å²) in [6.07, 6.45) is 2.06. The van der Waals surface area contributed by atoms with Crippen LogP contribution in [0.25, 0.3) is 0 Å². The first-order valence-electron chi connectivity index (χ1n) is 7.14. The van der Waals surface area contributed by atoms with Crippen LogP contribution in [0, 0.1) is 0 Å². The smallest absolute Gasteiger partial charge is 0.323 e. The second-order valence-electron chi connectivity index (χ2n) is 5.07. The minimum atomic E-state index is -0.146. The fourth-order valence-electron chi connectivity index (χ4n) is 2.15. The van der Waals surface area contributed by atoms with Crippen molar-refractivity contribution in [3.8, 4) is 6.01 Å². The quantitative estimate of drug-likeness (QED) is 0.821. The van der Waals surface area contributed by atoms with Gasteiger partial charge >= 0.3 is 6.01 Å². The molecule has 7 heteroatoms. The number of aromatic nitrogens is 3. The highest BCUT2D eigenvalue weighted by atomic mass is 16.5. The molecule has 1 atom stereocenters. The van der Waals surface area contributed by atoms with Crippen LogP contribution in [-0.2, 0) is 4.74 Å². The molecule has 0 saturated carbocycles. The van der Waals surface area contributed by atoms with Crippen LogP contribution >= 0.6 is 0 Å². The van der Waals surface area contributed by atoms with E-state index in [0.717, 1.165) is 26.0 Å². The molecule has 20 heavy (non-hydrogen) atoms. The summed E-state index contributed by atoms with van der Waals surface area (Å²) in [6.45, 7) is 8.75. The van der Waals surface area contributed by atoms with Crippen LogP contribution in [0.3, 0.4) is 0 Å². The molecule has 1 aromatic rings. The Labute approximate surface area is 119 Å². The number of nitrogens with one attached hydrogen (secondary N) is 2. The van der Waals surface area contributed by atoms with E-state index in [-0.39, 0.29) is 5.54 Å². The van der Waals surface area contributed by atoms with Gasteiger partial charge in [-0.3, -0.25) is 0 Å². The van der Waals surface area contributed by atoms with Gasteiger partial charge in [-0.1, -0.05) is 0 Å². The Morgan fingerprint density at radius 3 is 2.70 bits per heavy atom. The summed E-state index contributed by atoms with van der Waals surface area (Å²) >= 11 is 0. The van der Waals surface area contributed by atoms with E-state index in [1.165, 1.54) is 0 Å². The molecular weight excluding hydrogens is 258 g/mol. The van der Waals surface area contributed by atoms with Crippen LogP contribution in [0.2, 0.25) is 0 Å². The Morgan fingerprint density at radius 2 is 2.05 bits per heavy atom. The molecule has 0 bridgehead atoms. The van der Waals surface area contributed by atoms with Gasteiger partial charge in [0, 0.05) is 13.2 Å². The van der Waals surface area contributed by atoms with Crippen molar-refractivity contribution < 1.29 is 9.47 Å². The van der Waals surface area contributed by atoms with Crippen LogP contribution in [-0.4, -0.2) is 46.9 Å². The van der Waals surface area contributed by atoms with Crippen molar-refractivity contribution in [2.45, 2.75) is 39.2 Å². The standard InChI is InChI=1S/C13H23N5O2/c1-4-14-10-15-11(17-12(16-10)20-5-2)18-13(3)7-6-8-19-9-13/h4-9H2,1-3H3,(H2,14,15,16,17,18). The molecule has 0 aromatic carbocycles. The molecule has 2 N–H and O–H groups in total. The summed E-state index contributed by atoms with van der Waals surface area (Å²) < 4.78 is 10.9. The Bertz CT molecular complexity index is 411. The maximum atomic E-state index is 5.53. The van der Waals surface area contributed by atoms with E-state index in [0.29, 0.717) is 31.1 Å². The van der Waals surface area contributed by atoms with Crippen molar-refractivity contribution in [1.82, 2.24) is 15.0 Å². The van der Waals surface area contributed by atoms with Crippen LogP contribution in [0.15, 0.2) is 0 Å². The number of hydrogen-bond donors (Lipinski definition) is 2. The molecule has 1 aliphatic heterocycles. The Morgan fingerprint density at radius 1 is 1.25 bits per heavy atom. The lowest BCUT2D eigenvalue weighted by atomic mass is 9.95. The van der Waals surface area contributed by atoms with Gasteiger partial charge in [-0.25, -0.2) is 0 Å². The minimum absolute atomic E-state index is 0.146. The molecule has 1 aromatic heterocycles. The molecule has 2 rings (SSSR count). The van der Waals surface area contributed by atoms with E-state index in [1.54, 1.807) is 0 Å². The number of nitrogens with zero attached hydrogens (tertiary/aromatic N) is 3. The lowest BCUT2D eigenvalue weighted by Gasteiger charge is -2.34. The van der Waals surface area contributed by atoms with E-state index in [9.17, 15) is 0 Å². The van der Waals surface area contributed by atoms with Gasteiger partial charge in [0.1, 0.15) is 0 Å². The van der Waals surface area contributed by atoms with Crippen LogP contribution in [0.4, 0.5) is 11.9 Å². The molecule has 1 fully saturated rings. The predicted octanol–water partition coefficient (Wildman–Crippen LogP) is 1.68. The molecule has 0 amide bonds. The second kappa shape index (κ2) is 6.69. The average Bonchev–Trinajstić information content (AvgIpc) is 2.39. The van der Waals surface area contributed by atoms with Gasteiger partial charge in [-0.2, -0.15) is 15.0 Å². The third-order valence-corrected chi connectivity index (χ3v) is 3.07. The number of anilines is 2. The summed E-state index contributed by atoms with van der Waals surface area (Å²) in [6, 6.07) is 0.335. The molecule has 1 saturated heterocycles. The van der Waals surface area contributed by atoms with Crippen molar-refractivity contribution in [3.05, 3.63) is 0 Å². The Balaban J connectivity index is 2.16. The van der Waals surface area contributed by atoms with Gasteiger partial charge in [0.25, 0.3) is 0 Å². The number of rotatable bonds is 6. The molecule has 2 heterocycles. The summed E-state index contributed by atoms with van der Waals surface area (Å²) in [5.41, 5.74) is -0.146. The highest BCUT2D eigenvalue weighted by Crippen LogP contribution is 2.23. The molecule has 7 nitrogen and oxygen atoms in total. The maximum absolute atomic E-state index is 5.53. The average molecular weight is 281 g/mol. The molecule has 1 aliphatic rings. The fourth-order valence-corrected chi connectivity index (χ4v) is 2.15. The van der Waals surface area contributed by atoms with Gasteiger partial charge < -0.3 is 20.1 Å². The topological polar surface area (TPSA) is 81.2 Å². The largest absolute Gasteiger partial charge is 0.464 e. The van der Waals surface area contributed by atoms with E-state index < -0.39 is 0 Å². The first kappa shape index (κ1) is 14.8. The molecule has 0 aliphatic carbocycles. The summed E-state index contributed by atoms with van der Waals surface area (Å²) in [5, 5.41) is 6.43. The van der Waals surface area contributed by atoms with E-state index in [2.05, 4.69) is 32.5 Å². The lowest BCUT2D eigenvalue weighted by Crippen LogP contribution is -2.43. The Hall–Kier alpha value is -1.63. The molecule has 0 spiro atoms. The predicted molar refractivity (Wildman–Crippen MR) is 77.2 cm³/mol. The van der Waals surface area contributed by atoms with E-state index in [4.69, 9.17) is 9.47 Å². The molecular formula is C13H23N5O2. The van der Waals surface area contributed by atoms with E-state index >= 15 is 0 Å². The van der Waals surface area contributed by atoms with Crippen molar-refractivity contribution in [1.29, 1.82) is 0 Å². The van der Waals surface area contributed by atoms with Crippen molar-refractivity contribution in [2.75, 3.05) is 37.0 Å². The molecule has 112 valence electrons. The fraction of sp³-hybridized carbons (Fsp3) is 0.769. The number of hydrogen-bond acceptors (Lipinski definition) is 7. The highest BCUT2D eigenvalue weighted by molar-refractivity contribution is 5.38. The normalized spacial score (nSPS) is 22.4. The van der Waals surface area contributed by atoms with Crippen LogP contribution in [0.5, 0.6) is 6.01 Å². The Kier molecular flexibility index (Phi) is 4.94. The number of ether oxygens (including phenoxy) is 2. The first-order chi connectivity index (χ1) is 9.65. The monoisotopic (exact) mass is 281 g/mol. The van der Waals surface area contributed by atoms with Crippen LogP contribution in [0.1, 0.15) is 33.6 Å². The SMILES string of the molecule is CCNc1nc(NC2(C)CCCOC2)nc(OCC)n1. The summed E-state index contributed by atoms with van der Waals surface area (Å²) in [5.74, 6) is 1.04. The van der Waals surface area contributed by atoms with Gasteiger partial charge in [0.05, 0.1) is 18.8 Å². The van der Waals surface area contributed by atoms with Crippen molar-refractivity contribution in [3.63, 3.8) is 0 Å². The van der Waals surface area contributed by atoms with Gasteiger partial charge in [0.2, 0.25) is 11.9 Å². The maximum Gasteiger partial charge on any atom is 0.323 e. The summed E-state index contributed by atoms with van der Waals surface area (Å²) in [4.78, 5) is 12.9. The van der Waals surface area contributed by atoms with E-state index in [1.807, 2.05) is 13.8 Å². The van der Waals surface area contributed by atoms with Crippen molar-refractivity contribution >= 4 is 11.9 Å². The molecule has 0 radical (unpaired) electrons. The third-order valence-electron chi connectivity index (χ3n) is 3.07. The summed E-state index contributed by atoms with van der Waals surface area (Å²) in [7, 11) is 0. The third kappa shape index (κ3) is 3.93. The second-order valence-corrected chi connectivity index (χ2v) is 5.07. The molecule has 1 unspecified atom stereocenters. The van der Waals surface area contributed by atoms with Crippen molar-refractivity contribution in [2.24, 2.45) is 0 Å². The minimum Gasteiger partial charge on any atom is -0.464 e. The van der Waals surface area contributed by atoms with Gasteiger partial charge in [-0.05, 0) is 33.6 Å². The van der Waals surface area contributed by atoms with Gasteiger partial charge in [0.15, 0.2) is 0 Å². The van der Waals surface area contributed by atoms with Crippen LogP contribution < -0.4 is 15.4 Å². The zero-order valence-corrected chi connectivity index (χ0v) is 12.4. The zero-order chi connectivity index (χ0) is 14.4. The lowest BCUT2D eigenvalue weighted by molar-refractivity contribution is 0.0537. The first-order valence-corrected chi connectivity index (χ1v) is 7.14.